The molecule has 0 fully saturated rings. The van der Waals surface area contributed by atoms with Gasteiger partial charge in [0.2, 0.25) is 5.91 Å². The van der Waals surface area contributed by atoms with E-state index in [1.165, 1.54) is 5.56 Å². The Bertz CT molecular complexity index is 438. The molecule has 0 bridgehead atoms. The first-order valence-corrected chi connectivity index (χ1v) is 7.10. The molecule has 1 aromatic rings. The molecule has 1 rings (SSSR count). The minimum Gasteiger partial charge on any atom is -0.491 e. The molecule has 0 aliphatic rings. The second kappa shape index (κ2) is 7.29. The molecule has 0 spiro atoms. The van der Waals surface area contributed by atoms with Crippen LogP contribution in [0.5, 0.6) is 5.75 Å². The fraction of sp³-hybridized carbons (Fsp3) is 0.562. The van der Waals surface area contributed by atoms with Gasteiger partial charge in [0.25, 0.3) is 0 Å². The minimum absolute atomic E-state index is 0.0723. The zero-order valence-electron chi connectivity index (χ0n) is 12.9. The van der Waals surface area contributed by atoms with Crippen LogP contribution in [0, 0.1) is 0 Å². The van der Waals surface area contributed by atoms with Crippen LogP contribution in [0.25, 0.3) is 0 Å². The molecule has 1 amide bonds. The number of hydrogen-bond acceptors (Lipinski definition) is 3. The van der Waals surface area contributed by atoms with Gasteiger partial charge >= 0.3 is 0 Å². The number of nitrogens with one attached hydrogen (secondary N) is 1. The van der Waals surface area contributed by atoms with Crippen molar-refractivity contribution in [3.8, 4) is 5.75 Å². The second-order valence-corrected chi connectivity index (χ2v) is 6.00. The Hall–Kier alpha value is -1.55. The molecule has 1 atom stereocenters. The summed E-state index contributed by atoms with van der Waals surface area (Å²) in [6.45, 7) is 9.50. The zero-order chi connectivity index (χ0) is 15.2. The molecule has 0 aliphatic carbocycles. The van der Waals surface area contributed by atoms with E-state index in [9.17, 15) is 4.79 Å². The highest BCUT2D eigenvalue weighted by Gasteiger charge is 2.17. The Morgan fingerprint density at radius 2 is 2.10 bits per heavy atom. The number of carbonyl (C=O) groups is 1. The van der Waals surface area contributed by atoms with Crippen molar-refractivity contribution in [2.24, 2.45) is 5.73 Å². The lowest BCUT2D eigenvalue weighted by Crippen LogP contribution is -2.45. The normalized spacial score (nSPS) is 13.0. The molecule has 112 valence electrons. The van der Waals surface area contributed by atoms with Gasteiger partial charge in [-0.25, -0.2) is 0 Å². The zero-order valence-corrected chi connectivity index (χ0v) is 12.9. The first-order chi connectivity index (χ1) is 9.34. The molecule has 1 aromatic carbocycles. The Balaban J connectivity index is 2.66. The van der Waals surface area contributed by atoms with Crippen LogP contribution in [0.1, 0.15) is 39.7 Å². The van der Waals surface area contributed by atoms with E-state index in [1.54, 1.807) is 0 Å². The molecule has 4 nitrogen and oxygen atoms in total. The van der Waals surface area contributed by atoms with Gasteiger partial charge in [-0.05, 0) is 36.1 Å². The van der Waals surface area contributed by atoms with Crippen LogP contribution < -0.4 is 15.8 Å². The van der Waals surface area contributed by atoms with Crippen LogP contribution >= 0.6 is 0 Å². The van der Waals surface area contributed by atoms with Crippen molar-refractivity contribution in [1.29, 1.82) is 0 Å². The van der Waals surface area contributed by atoms with Crippen LogP contribution in [0.2, 0.25) is 0 Å². The highest BCUT2D eigenvalue weighted by Crippen LogP contribution is 2.25. The third-order valence-corrected chi connectivity index (χ3v) is 3.10. The van der Waals surface area contributed by atoms with Gasteiger partial charge < -0.3 is 15.8 Å². The number of hydrogen-bond donors (Lipinski definition) is 2. The average molecular weight is 278 g/mol. The number of ether oxygens (including phenoxy) is 1. The third-order valence-electron chi connectivity index (χ3n) is 3.10. The standard InChI is InChI=1S/C16H26N2O2/c1-5-9-18-14(15(17)19)11-20-13-8-6-7-12(10-13)16(2,3)4/h6-8,10,14,18H,5,9,11H2,1-4H3,(H2,17,19). The fourth-order valence-electron chi connectivity index (χ4n) is 1.79. The Morgan fingerprint density at radius 3 is 2.65 bits per heavy atom. The maximum absolute atomic E-state index is 11.3. The van der Waals surface area contributed by atoms with E-state index in [1.807, 2.05) is 25.1 Å². The molecular weight excluding hydrogens is 252 g/mol. The minimum atomic E-state index is -0.451. The van der Waals surface area contributed by atoms with Crippen molar-refractivity contribution in [1.82, 2.24) is 5.32 Å². The Kier molecular flexibility index (Phi) is 6.02. The number of primary amides is 1. The molecule has 0 radical (unpaired) electrons. The summed E-state index contributed by atoms with van der Waals surface area (Å²) < 4.78 is 5.70. The van der Waals surface area contributed by atoms with Gasteiger partial charge in [0.05, 0.1) is 0 Å². The fourth-order valence-corrected chi connectivity index (χ4v) is 1.79. The summed E-state index contributed by atoms with van der Waals surface area (Å²) in [5.41, 5.74) is 6.63. The van der Waals surface area contributed by atoms with E-state index in [2.05, 4.69) is 32.2 Å². The van der Waals surface area contributed by atoms with E-state index in [0.717, 1.165) is 18.7 Å². The first-order valence-electron chi connectivity index (χ1n) is 7.10. The van der Waals surface area contributed by atoms with Gasteiger partial charge in [0.15, 0.2) is 0 Å². The molecule has 3 N–H and O–H groups in total. The predicted octanol–water partition coefficient (Wildman–Crippen LogP) is 2.22. The summed E-state index contributed by atoms with van der Waals surface area (Å²) in [6, 6.07) is 7.50. The van der Waals surface area contributed by atoms with Crippen molar-refractivity contribution in [3.05, 3.63) is 29.8 Å². The molecule has 0 saturated heterocycles. The van der Waals surface area contributed by atoms with Crippen molar-refractivity contribution < 1.29 is 9.53 Å². The van der Waals surface area contributed by atoms with E-state index in [4.69, 9.17) is 10.5 Å². The predicted molar refractivity (Wildman–Crippen MR) is 81.9 cm³/mol. The van der Waals surface area contributed by atoms with Crippen LogP contribution in [0.3, 0.4) is 0 Å². The lowest BCUT2D eigenvalue weighted by atomic mass is 9.87. The maximum atomic E-state index is 11.3. The van der Waals surface area contributed by atoms with Gasteiger partial charge in [0.1, 0.15) is 18.4 Å². The molecule has 4 heteroatoms. The number of nitrogens with two attached hydrogens (primary N) is 1. The highest BCUT2D eigenvalue weighted by molar-refractivity contribution is 5.80. The SMILES string of the molecule is CCCNC(COc1cccc(C(C)(C)C)c1)C(N)=O. The summed E-state index contributed by atoms with van der Waals surface area (Å²) >= 11 is 0. The number of rotatable bonds is 7. The van der Waals surface area contributed by atoms with E-state index in [0.29, 0.717) is 0 Å². The van der Waals surface area contributed by atoms with Crippen molar-refractivity contribution in [3.63, 3.8) is 0 Å². The third kappa shape index (κ3) is 5.21. The number of amides is 1. The van der Waals surface area contributed by atoms with Gasteiger partial charge in [-0.2, -0.15) is 0 Å². The van der Waals surface area contributed by atoms with Gasteiger partial charge in [0, 0.05) is 0 Å². The van der Waals surface area contributed by atoms with Gasteiger partial charge in [-0.1, -0.05) is 39.8 Å². The van der Waals surface area contributed by atoms with E-state index >= 15 is 0 Å². The largest absolute Gasteiger partial charge is 0.491 e. The summed E-state index contributed by atoms with van der Waals surface area (Å²) in [5, 5.41) is 3.08. The smallest absolute Gasteiger partial charge is 0.238 e. The molecule has 0 aliphatic heterocycles. The van der Waals surface area contributed by atoms with Crippen LogP contribution in [-0.2, 0) is 10.2 Å². The van der Waals surface area contributed by atoms with Crippen molar-refractivity contribution >= 4 is 5.91 Å². The van der Waals surface area contributed by atoms with Crippen LogP contribution in [-0.4, -0.2) is 25.1 Å². The van der Waals surface area contributed by atoms with Gasteiger partial charge in [-0.3, -0.25) is 4.79 Å². The van der Waals surface area contributed by atoms with E-state index < -0.39 is 6.04 Å². The summed E-state index contributed by atoms with van der Waals surface area (Å²) in [7, 11) is 0. The first kappa shape index (κ1) is 16.5. The molecule has 20 heavy (non-hydrogen) atoms. The lowest BCUT2D eigenvalue weighted by molar-refractivity contribution is -0.120. The quantitative estimate of drug-likeness (QED) is 0.804. The highest BCUT2D eigenvalue weighted by atomic mass is 16.5. The molecule has 0 aromatic heterocycles. The monoisotopic (exact) mass is 278 g/mol. The van der Waals surface area contributed by atoms with Crippen LogP contribution in [0.15, 0.2) is 24.3 Å². The number of carbonyl (C=O) groups excluding carboxylic acids is 1. The summed E-state index contributed by atoms with van der Waals surface area (Å²) in [5.74, 6) is 0.382. The molecule has 0 saturated carbocycles. The summed E-state index contributed by atoms with van der Waals surface area (Å²) in [4.78, 5) is 11.3. The van der Waals surface area contributed by atoms with E-state index in [-0.39, 0.29) is 17.9 Å². The Morgan fingerprint density at radius 1 is 1.40 bits per heavy atom. The summed E-state index contributed by atoms with van der Waals surface area (Å²) in [6.07, 6.45) is 0.948. The Labute approximate surface area is 121 Å². The maximum Gasteiger partial charge on any atom is 0.238 e. The molecule has 1 unspecified atom stereocenters. The van der Waals surface area contributed by atoms with Crippen molar-refractivity contribution in [2.75, 3.05) is 13.2 Å². The average Bonchev–Trinajstić information content (AvgIpc) is 2.37. The lowest BCUT2D eigenvalue weighted by Gasteiger charge is -2.21. The van der Waals surface area contributed by atoms with Gasteiger partial charge in [-0.15, -0.1) is 0 Å². The van der Waals surface area contributed by atoms with Crippen molar-refractivity contribution in [2.45, 2.75) is 45.6 Å². The van der Waals surface area contributed by atoms with Crippen LogP contribution in [0.4, 0.5) is 0 Å². The molecule has 0 heterocycles. The number of benzene rings is 1. The topological polar surface area (TPSA) is 64.3 Å². The molecular formula is C16H26N2O2. The second-order valence-electron chi connectivity index (χ2n) is 6.00.